The van der Waals surface area contributed by atoms with Crippen LogP contribution in [0.3, 0.4) is 0 Å². The highest BCUT2D eigenvalue weighted by Crippen LogP contribution is 2.43. The van der Waals surface area contributed by atoms with E-state index in [1.807, 2.05) is 0 Å². The Labute approximate surface area is 114 Å². The number of ether oxygens (including phenoxy) is 1. The van der Waals surface area contributed by atoms with Crippen LogP contribution in [0.2, 0.25) is 0 Å². The number of para-hydroxylation sites is 1. The molecule has 0 unspecified atom stereocenters. The first-order valence-corrected chi connectivity index (χ1v) is 6.05. The van der Waals surface area contributed by atoms with Crippen molar-refractivity contribution in [1.82, 2.24) is 10.2 Å². The average molecular weight is 276 g/mol. The minimum Gasteiger partial charge on any atom is -0.455 e. The number of hydrogen-bond donors (Lipinski definition) is 2. The van der Waals surface area contributed by atoms with Crippen LogP contribution >= 0.6 is 0 Å². The van der Waals surface area contributed by atoms with E-state index in [-0.39, 0.29) is 6.54 Å². The molecule has 1 saturated heterocycles. The summed E-state index contributed by atoms with van der Waals surface area (Å²) in [4.78, 5) is 36.4. The highest BCUT2D eigenvalue weighted by Gasteiger charge is 2.59. The molecule has 1 spiro atoms. The summed E-state index contributed by atoms with van der Waals surface area (Å²) in [5, 5.41) is 12.7. The third kappa shape index (κ3) is 1.53. The zero-order valence-electron chi connectivity index (χ0n) is 10.6. The van der Waals surface area contributed by atoms with Crippen molar-refractivity contribution in [3.8, 4) is 5.75 Å². The van der Waals surface area contributed by atoms with Crippen LogP contribution in [0.5, 0.6) is 5.75 Å². The number of aliphatic hydroxyl groups is 1. The molecule has 3 amide bonds. The largest absolute Gasteiger partial charge is 0.455 e. The molecular formula is C13H12N2O5. The van der Waals surface area contributed by atoms with Crippen LogP contribution in [0.4, 0.5) is 0 Å². The van der Waals surface area contributed by atoms with Crippen molar-refractivity contribution >= 4 is 17.7 Å². The molecular weight excluding hydrogens is 264 g/mol. The van der Waals surface area contributed by atoms with Gasteiger partial charge >= 0.3 is 0 Å². The van der Waals surface area contributed by atoms with Gasteiger partial charge in [-0.15, -0.1) is 0 Å². The summed E-state index contributed by atoms with van der Waals surface area (Å²) >= 11 is 0. The Morgan fingerprint density at radius 2 is 2.15 bits per heavy atom. The fourth-order valence-corrected chi connectivity index (χ4v) is 2.47. The van der Waals surface area contributed by atoms with E-state index in [9.17, 15) is 19.5 Å². The number of benzene rings is 1. The van der Waals surface area contributed by atoms with Crippen LogP contribution < -0.4 is 10.1 Å². The summed E-state index contributed by atoms with van der Waals surface area (Å²) < 4.78 is 5.49. The second-order valence-electron chi connectivity index (χ2n) is 4.74. The van der Waals surface area contributed by atoms with Crippen molar-refractivity contribution < 1.29 is 24.2 Å². The Kier molecular flexibility index (Phi) is 2.55. The molecule has 1 aromatic rings. The van der Waals surface area contributed by atoms with Crippen LogP contribution in [0.25, 0.3) is 0 Å². The zero-order valence-corrected chi connectivity index (χ0v) is 10.6. The molecule has 0 radical (unpaired) electrons. The van der Waals surface area contributed by atoms with Crippen molar-refractivity contribution in [2.75, 3.05) is 6.54 Å². The van der Waals surface area contributed by atoms with Gasteiger partial charge in [0.25, 0.3) is 11.6 Å². The maximum Gasteiger partial charge on any atom is 0.298 e. The van der Waals surface area contributed by atoms with Crippen LogP contribution in [0.1, 0.15) is 18.6 Å². The third-order valence-corrected chi connectivity index (χ3v) is 3.44. The molecule has 20 heavy (non-hydrogen) atoms. The molecule has 0 aliphatic carbocycles. The number of nitrogens with one attached hydrogen (secondary N) is 1. The van der Waals surface area contributed by atoms with Gasteiger partial charge in [-0.1, -0.05) is 18.2 Å². The Balaban J connectivity index is 2.07. The average Bonchev–Trinajstić information content (AvgIpc) is 2.68. The normalized spacial score (nSPS) is 28.1. The van der Waals surface area contributed by atoms with Crippen molar-refractivity contribution in [1.29, 1.82) is 0 Å². The first kappa shape index (κ1) is 12.6. The lowest BCUT2D eigenvalue weighted by Gasteiger charge is -2.38. The first-order chi connectivity index (χ1) is 9.45. The zero-order chi connectivity index (χ0) is 14.5. The molecule has 2 aliphatic heterocycles. The predicted octanol–water partition coefficient (Wildman–Crippen LogP) is -0.686. The highest BCUT2D eigenvalue weighted by atomic mass is 16.5. The van der Waals surface area contributed by atoms with Gasteiger partial charge in [-0.2, -0.15) is 0 Å². The quantitative estimate of drug-likeness (QED) is 0.654. The van der Waals surface area contributed by atoms with Crippen molar-refractivity contribution in [2.24, 2.45) is 0 Å². The number of piperazine rings is 1. The molecule has 7 nitrogen and oxygen atoms in total. The number of hydrogen-bond acceptors (Lipinski definition) is 5. The first-order valence-electron chi connectivity index (χ1n) is 6.05. The summed E-state index contributed by atoms with van der Waals surface area (Å²) in [6.45, 7) is 0.807. The molecule has 2 heterocycles. The van der Waals surface area contributed by atoms with Crippen LogP contribution in [-0.4, -0.2) is 40.0 Å². The summed E-state index contributed by atoms with van der Waals surface area (Å²) in [6, 6.07) is 6.55. The van der Waals surface area contributed by atoms with E-state index in [1.54, 1.807) is 24.3 Å². The lowest BCUT2D eigenvalue weighted by atomic mass is 9.98. The van der Waals surface area contributed by atoms with Crippen molar-refractivity contribution in [3.05, 3.63) is 29.8 Å². The van der Waals surface area contributed by atoms with E-state index in [4.69, 9.17) is 4.74 Å². The van der Waals surface area contributed by atoms with Gasteiger partial charge in [0.05, 0.1) is 0 Å². The molecule has 0 bridgehead atoms. The number of nitrogens with zero attached hydrogens (tertiary/aromatic N) is 1. The maximum atomic E-state index is 12.4. The summed E-state index contributed by atoms with van der Waals surface area (Å²) in [6.07, 6.45) is -1.36. The minimum absolute atomic E-state index is 0.305. The smallest absolute Gasteiger partial charge is 0.298 e. The van der Waals surface area contributed by atoms with Gasteiger partial charge in [-0.25, -0.2) is 0 Å². The fraction of sp³-hybridized carbons (Fsp3) is 0.308. The topological polar surface area (TPSA) is 95.9 Å². The molecule has 3 rings (SSSR count). The lowest BCUT2D eigenvalue weighted by Crippen LogP contribution is -2.71. The van der Waals surface area contributed by atoms with Gasteiger partial charge in [0.15, 0.2) is 6.10 Å². The molecule has 0 saturated carbocycles. The summed E-state index contributed by atoms with van der Waals surface area (Å²) in [7, 11) is 0. The minimum atomic E-state index is -1.95. The van der Waals surface area contributed by atoms with Gasteiger partial charge in [0.2, 0.25) is 11.8 Å². The van der Waals surface area contributed by atoms with Gasteiger partial charge in [-0.3, -0.25) is 19.3 Å². The van der Waals surface area contributed by atoms with Gasteiger partial charge < -0.3 is 15.2 Å². The predicted molar refractivity (Wildman–Crippen MR) is 65.3 cm³/mol. The summed E-state index contributed by atoms with van der Waals surface area (Å²) in [5.41, 5.74) is -1.56. The monoisotopic (exact) mass is 276 g/mol. The molecule has 1 aromatic carbocycles. The van der Waals surface area contributed by atoms with E-state index in [1.165, 1.54) is 6.92 Å². The Morgan fingerprint density at radius 1 is 1.45 bits per heavy atom. The van der Waals surface area contributed by atoms with Crippen molar-refractivity contribution in [3.63, 3.8) is 0 Å². The van der Waals surface area contributed by atoms with E-state index in [0.717, 1.165) is 4.90 Å². The highest BCUT2D eigenvalue weighted by molar-refractivity contribution is 6.07. The van der Waals surface area contributed by atoms with Crippen LogP contribution in [0, 0.1) is 0 Å². The lowest BCUT2D eigenvalue weighted by molar-refractivity contribution is -0.176. The number of carbonyl (C=O) groups is 3. The standard InChI is InChI=1S/C13H12N2O5/c1-7(16)15-6-10(17)14-13(12(15)19)11(18)8-4-2-3-5-9(8)20-13/h2-5,11,18H,6H2,1H3,(H,14,17)/t11-,13+/m1/s1. The van der Waals surface area contributed by atoms with Crippen molar-refractivity contribution in [2.45, 2.75) is 18.8 Å². The van der Waals surface area contributed by atoms with Gasteiger partial charge in [0.1, 0.15) is 12.3 Å². The molecule has 2 aliphatic rings. The van der Waals surface area contributed by atoms with E-state index < -0.39 is 29.6 Å². The SMILES string of the molecule is CC(=O)N1CC(=O)N[C@@]2(Oc3ccccc3[C@H]2O)C1=O. The third-order valence-electron chi connectivity index (χ3n) is 3.44. The summed E-state index contributed by atoms with van der Waals surface area (Å²) in [5.74, 6) is -1.60. The Hall–Kier alpha value is -2.41. The number of carbonyl (C=O) groups excluding carboxylic acids is 3. The molecule has 104 valence electrons. The number of rotatable bonds is 0. The van der Waals surface area contributed by atoms with Gasteiger partial charge in [0, 0.05) is 12.5 Å². The van der Waals surface area contributed by atoms with E-state index in [0.29, 0.717) is 11.3 Å². The molecule has 2 N–H and O–H groups in total. The Morgan fingerprint density at radius 3 is 2.80 bits per heavy atom. The molecule has 0 aromatic heterocycles. The second-order valence-corrected chi connectivity index (χ2v) is 4.74. The van der Waals surface area contributed by atoms with Crippen LogP contribution in [-0.2, 0) is 14.4 Å². The maximum absolute atomic E-state index is 12.4. The molecule has 2 atom stereocenters. The Bertz CT molecular complexity index is 629. The molecule has 7 heteroatoms. The van der Waals surface area contributed by atoms with Gasteiger partial charge in [-0.05, 0) is 6.07 Å². The fourth-order valence-electron chi connectivity index (χ4n) is 2.47. The number of imide groups is 1. The van der Waals surface area contributed by atoms with E-state index >= 15 is 0 Å². The van der Waals surface area contributed by atoms with Crippen LogP contribution in [0.15, 0.2) is 24.3 Å². The number of fused-ring (bicyclic) bond motifs is 1. The number of aliphatic hydroxyl groups excluding tert-OH is 1. The second kappa shape index (κ2) is 4.04. The number of amides is 3. The molecule has 1 fully saturated rings. The van der Waals surface area contributed by atoms with E-state index in [2.05, 4.69) is 5.32 Å².